The minimum absolute atomic E-state index is 0.00845. The van der Waals surface area contributed by atoms with Gasteiger partial charge in [0.05, 0.1) is 23.8 Å². The third-order valence-corrected chi connectivity index (χ3v) is 6.64. The quantitative estimate of drug-likeness (QED) is 0.532. The third kappa shape index (κ3) is 2.40. The molecular formula is C23H20N6O. The SMILES string of the molecule is N#Cc1ccc(C2CC(n3nc4n(c3=O)[C@H](c3ccccc3)CC4)C2)c2ccnn12. The van der Waals surface area contributed by atoms with Crippen LogP contribution in [-0.2, 0) is 6.42 Å². The summed E-state index contributed by atoms with van der Waals surface area (Å²) in [5, 5.41) is 18.3. The topological polar surface area (TPSA) is 80.9 Å². The maximum atomic E-state index is 13.2. The lowest BCUT2D eigenvalue weighted by atomic mass is 9.75. The lowest BCUT2D eigenvalue weighted by Crippen LogP contribution is -2.35. The Hall–Kier alpha value is -3.66. The highest BCUT2D eigenvalue weighted by atomic mass is 16.2. The Labute approximate surface area is 172 Å². The number of hydrogen-bond donors (Lipinski definition) is 0. The van der Waals surface area contributed by atoms with Crippen molar-refractivity contribution in [2.45, 2.75) is 43.7 Å². The number of rotatable bonds is 3. The van der Waals surface area contributed by atoms with Gasteiger partial charge in [0.25, 0.3) is 0 Å². The van der Waals surface area contributed by atoms with Crippen LogP contribution in [0.15, 0.2) is 59.5 Å². The standard InChI is InChI=1S/C23H20N6O/c24-14-17-6-7-19(21-10-11-25-28(17)21)16-12-18(13-16)29-23(30)27-20(8-9-22(27)26-29)15-4-2-1-3-5-15/h1-7,10-11,16,18,20H,8-9,12-13H2/t16?,18?,20-/m0/s1. The number of hydrogen-bond acceptors (Lipinski definition) is 4. The molecule has 0 bridgehead atoms. The molecule has 4 heterocycles. The van der Waals surface area contributed by atoms with Gasteiger partial charge in [0, 0.05) is 6.42 Å². The van der Waals surface area contributed by atoms with Gasteiger partial charge in [-0.1, -0.05) is 36.4 Å². The van der Waals surface area contributed by atoms with Crippen LogP contribution in [0, 0.1) is 11.3 Å². The highest BCUT2D eigenvalue weighted by Crippen LogP contribution is 2.45. The number of aryl methyl sites for hydroxylation is 1. The Kier molecular flexibility index (Phi) is 3.69. The van der Waals surface area contributed by atoms with Gasteiger partial charge in [-0.2, -0.15) is 15.5 Å². The maximum absolute atomic E-state index is 13.2. The van der Waals surface area contributed by atoms with Crippen LogP contribution in [0.5, 0.6) is 0 Å². The summed E-state index contributed by atoms with van der Waals surface area (Å²) in [5.41, 5.74) is 3.87. The van der Waals surface area contributed by atoms with Gasteiger partial charge in [-0.25, -0.2) is 14.0 Å². The molecule has 0 N–H and O–H groups in total. The fraction of sp³-hybridized carbons (Fsp3) is 0.304. The zero-order chi connectivity index (χ0) is 20.2. The van der Waals surface area contributed by atoms with E-state index in [4.69, 9.17) is 5.10 Å². The van der Waals surface area contributed by atoms with Gasteiger partial charge in [0.15, 0.2) is 0 Å². The minimum atomic E-state index is 0.00845. The first-order chi connectivity index (χ1) is 14.7. The summed E-state index contributed by atoms with van der Waals surface area (Å²) in [7, 11) is 0. The van der Waals surface area contributed by atoms with E-state index in [1.54, 1.807) is 15.4 Å². The number of aromatic nitrogens is 5. The zero-order valence-corrected chi connectivity index (χ0v) is 16.3. The number of benzene rings is 1. The van der Waals surface area contributed by atoms with Crippen molar-refractivity contribution in [3.8, 4) is 6.07 Å². The molecule has 0 amide bonds. The molecule has 3 aromatic heterocycles. The fourth-order valence-corrected chi connectivity index (χ4v) is 5.05. The van der Waals surface area contributed by atoms with Gasteiger partial charge < -0.3 is 0 Å². The Morgan fingerprint density at radius 2 is 1.90 bits per heavy atom. The van der Waals surface area contributed by atoms with Crippen LogP contribution in [-0.4, -0.2) is 24.0 Å². The maximum Gasteiger partial charge on any atom is 0.346 e. The fourth-order valence-electron chi connectivity index (χ4n) is 5.05. The van der Waals surface area contributed by atoms with Crippen LogP contribution in [0.25, 0.3) is 5.52 Å². The summed E-state index contributed by atoms with van der Waals surface area (Å²) in [6, 6.07) is 18.4. The monoisotopic (exact) mass is 396 g/mol. The Morgan fingerprint density at radius 3 is 2.70 bits per heavy atom. The van der Waals surface area contributed by atoms with Crippen molar-refractivity contribution in [3.63, 3.8) is 0 Å². The van der Waals surface area contributed by atoms with Crippen molar-refractivity contribution in [1.82, 2.24) is 24.0 Å². The molecule has 2 aliphatic rings. The molecule has 0 saturated heterocycles. The average Bonchev–Trinajstić information content (AvgIpc) is 3.45. The van der Waals surface area contributed by atoms with Crippen LogP contribution < -0.4 is 5.69 Å². The van der Waals surface area contributed by atoms with E-state index in [-0.39, 0.29) is 17.8 Å². The van der Waals surface area contributed by atoms with Crippen LogP contribution in [0.3, 0.4) is 0 Å². The van der Waals surface area contributed by atoms with Crippen LogP contribution in [0.2, 0.25) is 0 Å². The largest absolute Gasteiger partial charge is 0.346 e. The van der Waals surface area contributed by atoms with E-state index in [1.165, 1.54) is 11.1 Å². The lowest BCUT2D eigenvalue weighted by Gasteiger charge is -2.35. The first kappa shape index (κ1) is 17.2. The second-order valence-corrected chi connectivity index (χ2v) is 8.21. The first-order valence-corrected chi connectivity index (χ1v) is 10.4. The Bertz CT molecular complexity index is 1350. The molecule has 0 radical (unpaired) electrons. The average molecular weight is 396 g/mol. The van der Waals surface area contributed by atoms with Gasteiger partial charge in [-0.15, -0.1) is 0 Å². The van der Waals surface area contributed by atoms with E-state index in [2.05, 4.69) is 23.3 Å². The molecule has 0 spiro atoms. The predicted molar refractivity (Wildman–Crippen MR) is 110 cm³/mol. The number of nitriles is 1. The molecule has 1 aromatic carbocycles. The summed E-state index contributed by atoms with van der Waals surface area (Å²) >= 11 is 0. The minimum Gasteiger partial charge on any atom is -0.271 e. The summed E-state index contributed by atoms with van der Waals surface area (Å²) < 4.78 is 5.29. The van der Waals surface area contributed by atoms with Crippen molar-refractivity contribution in [3.05, 3.63) is 87.9 Å². The normalized spacial score (nSPS) is 22.6. The summed E-state index contributed by atoms with van der Waals surface area (Å²) in [6.45, 7) is 0. The van der Waals surface area contributed by atoms with Gasteiger partial charge in [-0.05, 0) is 48.4 Å². The third-order valence-electron chi connectivity index (χ3n) is 6.64. The van der Waals surface area contributed by atoms with Crippen LogP contribution in [0.1, 0.15) is 59.9 Å². The molecule has 4 aromatic rings. The van der Waals surface area contributed by atoms with Crippen molar-refractivity contribution < 1.29 is 0 Å². The van der Waals surface area contributed by atoms with E-state index < -0.39 is 0 Å². The second-order valence-electron chi connectivity index (χ2n) is 8.21. The van der Waals surface area contributed by atoms with E-state index in [1.807, 2.05) is 41.0 Å². The van der Waals surface area contributed by atoms with Gasteiger partial charge in [-0.3, -0.25) is 4.57 Å². The van der Waals surface area contributed by atoms with E-state index >= 15 is 0 Å². The smallest absolute Gasteiger partial charge is 0.271 e. The molecule has 1 saturated carbocycles. The molecule has 7 heteroatoms. The summed E-state index contributed by atoms with van der Waals surface area (Å²) in [5.74, 6) is 1.24. The summed E-state index contributed by atoms with van der Waals surface area (Å²) in [6.07, 6.45) is 5.24. The van der Waals surface area contributed by atoms with Gasteiger partial charge in [0.2, 0.25) is 0 Å². The molecule has 6 rings (SSSR count). The lowest BCUT2D eigenvalue weighted by molar-refractivity contribution is 0.237. The molecular weight excluding hydrogens is 376 g/mol. The van der Waals surface area contributed by atoms with Crippen molar-refractivity contribution in [2.24, 2.45) is 0 Å². The van der Waals surface area contributed by atoms with E-state index in [9.17, 15) is 10.1 Å². The Balaban J connectivity index is 1.28. The molecule has 1 aliphatic carbocycles. The second kappa shape index (κ2) is 6.42. The molecule has 7 nitrogen and oxygen atoms in total. The summed E-state index contributed by atoms with van der Waals surface area (Å²) in [4.78, 5) is 13.2. The molecule has 148 valence electrons. The van der Waals surface area contributed by atoms with Crippen LogP contribution in [0.4, 0.5) is 0 Å². The van der Waals surface area contributed by atoms with Crippen molar-refractivity contribution in [2.75, 3.05) is 0 Å². The molecule has 1 atom stereocenters. The van der Waals surface area contributed by atoms with E-state index in [0.29, 0.717) is 11.6 Å². The van der Waals surface area contributed by atoms with Gasteiger partial charge >= 0.3 is 5.69 Å². The first-order valence-electron chi connectivity index (χ1n) is 10.4. The van der Waals surface area contributed by atoms with E-state index in [0.717, 1.165) is 37.0 Å². The number of fused-ring (bicyclic) bond motifs is 2. The van der Waals surface area contributed by atoms with Crippen LogP contribution >= 0.6 is 0 Å². The highest BCUT2D eigenvalue weighted by molar-refractivity contribution is 5.58. The Morgan fingerprint density at radius 1 is 1.07 bits per heavy atom. The number of pyridine rings is 1. The van der Waals surface area contributed by atoms with Crippen molar-refractivity contribution in [1.29, 1.82) is 5.26 Å². The predicted octanol–water partition coefficient (Wildman–Crippen LogP) is 3.22. The molecule has 0 unspecified atom stereocenters. The highest BCUT2D eigenvalue weighted by Gasteiger charge is 2.37. The number of nitrogens with zero attached hydrogens (tertiary/aromatic N) is 6. The molecule has 1 aliphatic heterocycles. The van der Waals surface area contributed by atoms with Crippen molar-refractivity contribution >= 4 is 5.52 Å². The molecule has 30 heavy (non-hydrogen) atoms. The zero-order valence-electron chi connectivity index (χ0n) is 16.3. The van der Waals surface area contributed by atoms with Gasteiger partial charge in [0.1, 0.15) is 17.6 Å². The molecule has 1 fully saturated rings.